The van der Waals surface area contributed by atoms with Crippen LogP contribution in [0.4, 0.5) is 5.69 Å². The summed E-state index contributed by atoms with van der Waals surface area (Å²) in [6.45, 7) is -0.181. The molecular weight excluding hydrogens is 368 g/mol. The molecule has 10 nitrogen and oxygen atoms in total. The molecule has 0 bridgehead atoms. The number of rotatable bonds is 8. The van der Waals surface area contributed by atoms with E-state index in [1.165, 1.54) is 30.3 Å². The van der Waals surface area contributed by atoms with Gasteiger partial charge in [-0.05, 0) is 35.9 Å². The van der Waals surface area contributed by atoms with Gasteiger partial charge in [-0.2, -0.15) is 5.10 Å². The van der Waals surface area contributed by atoms with Crippen molar-refractivity contribution >= 4 is 11.6 Å². The predicted octanol–water partition coefficient (Wildman–Crippen LogP) is 1.26. The van der Waals surface area contributed by atoms with E-state index in [0.717, 1.165) is 0 Å². The molecule has 146 valence electrons. The van der Waals surface area contributed by atoms with E-state index in [-0.39, 0.29) is 11.4 Å². The molecule has 2 unspecified atom stereocenters. The molecular formula is C18H18N4O6. The minimum atomic E-state index is -1.26. The van der Waals surface area contributed by atoms with Gasteiger partial charge < -0.3 is 19.9 Å². The van der Waals surface area contributed by atoms with Gasteiger partial charge in [0.15, 0.2) is 5.76 Å². The van der Waals surface area contributed by atoms with Gasteiger partial charge in [0.2, 0.25) is 0 Å². The highest BCUT2D eigenvalue weighted by atomic mass is 16.6. The average molecular weight is 386 g/mol. The molecule has 0 radical (unpaired) electrons. The number of nitrogens with zero attached hydrogens (tertiary/aromatic N) is 3. The van der Waals surface area contributed by atoms with Crippen molar-refractivity contribution < 1.29 is 24.3 Å². The third kappa shape index (κ3) is 4.42. The molecule has 2 heterocycles. The Labute approximate surface area is 159 Å². The number of non-ortho nitro benzene ring substituents is 1. The van der Waals surface area contributed by atoms with Gasteiger partial charge in [0.05, 0.1) is 24.1 Å². The van der Waals surface area contributed by atoms with E-state index in [9.17, 15) is 25.1 Å². The van der Waals surface area contributed by atoms with Crippen molar-refractivity contribution in [1.82, 2.24) is 15.1 Å². The first-order chi connectivity index (χ1) is 13.5. The molecule has 1 aromatic carbocycles. The molecule has 0 fully saturated rings. The lowest BCUT2D eigenvalue weighted by molar-refractivity contribution is -0.384. The Morgan fingerprint density at radius 2 is 2.04 bits per heavy atom. The van der Waals surface area contributed by atoms with Crippen LogP contribution in [0.3, 0.4) is 0 Å². The molecule has 0 saturated heterocycles. The summed E-state index contributed by atoms with van der Waals surface area (Å²) in [5.74, 6) is -0.0615. The highest BCUT2D eigenvalue weighted by Crippen LogP contribution is 2.21. The van der Waals surface area contributed by atoms with Crippen LogP contribution in [-0.2, 0) is 6.54 Å². The van der Waals surface area contributed by atoms with Crippen molar-refractivity contribution in [2.75, 3.05) is 6.61 Å². The Balaban J connectivity index is 1.65. The number of amides is 1. The molecule has 0 saturated carbocycles. The molecule has 0 spiro atoms. The number of hydrogen-bond acceptors (Lipinski definition) is 7. The normalized spacial score (nSPS) is 13.1. The number of aliphatic hydroxyl groups is 2. The molecule has 3 N–H and O–H groups in total. The van der Waals surface area contributed by atoms with Crippen molar-refractivity contribution in [1.29, 1.82) is 0 Å². The van der Waals surface area contributed by atoms with Gasteiger partial charge in [0, 0.05) is 24.5 Å². The number of aliphatic hydroxyl groups excluding tert-OH is 2. The largest absolute Gasteiger partial charge is 0.454 e. The fourth-order valence-corrected chi connectivity index (χ4v) is 2.63. The number of nitro benzene ring substituents is 1. The second kappa shape index (κ2) is 8.46. The minimum absolute atomic E-state index is 0.0245. The van der Waals surface area contributed by atoms with Gasteiger partial charge in [-0.25, -0.2) is 0 Å². The second-order valence-electron chi connectivity index (χ2n) is 6.03. The fraction of sp³-hybridized carbons (Fsp3) is 0.222. The Morgan fingerprint density at radius 1 is 1.29 bits per heavy atom. The summed E-state index contributed by atoms with van der Waals surface area (Å²) in [5, 5.41) is 37.2. The van der Waals surface area contributed by atoms with Gasteiger partial charge in [-0.3, -0.25) is 19.6 Å². The lowest BCUT2D eigenvalue weighted by Gasteiger charge is -2.22. The summed E-state index contributed by atoms with van der Waals surface area (Å²) in [5.41, 5.74) is 0.199. The number of benzene rings is 1. The zero-order chi connectivity index (χ0) is 20.1. The van der Waals surface area contributed by atoms with Gasteiger partial charge >= 0.3 is 0 Å². The molecule has 28 heavy (non-hydrogen) atoms. The quantitative estimate of drug-likeness (QED) is 0.390. The number of nitro groups is 1. The maximum absolute atomic E-state index is 12.4. The van der Waals surface area contributed by atoms with Crippen LogP contribution in [0.2, 0.25) is 0 Å². The molecule has 0 aliphatic rings. The highest BCUT2D eigenvalue weighted by molar-refractivity contribution is 5.91. The standard InChI is InChI=1S/C18H18N4O6/c23-11-15(17(24)12-2-4-13(5-3-12)22(26)27)20-18(25)16-7-6-14(28-16)10-21-9-1-8-19-21/h1-9,15,17,23-24H,10-11H2,(H,20,25). The Kier molecular flexibility index (Phi) is 5.82. The van der Waals surface area contributed by atoms with E-state index in [4.69, 9.17) is 4.42 Å². The molecule has 3 rings (SSSR count). The lowest BCUT2D eigenvalue weighted by Crippen LogP contribution is -2.41. The summed E-state index contributed by atoms with van der Waals surface area (Å²) < 4.78 is 7.11. The average Bonchev–Trinajstić information content (AvgIpc) is 3.38. The van der Waals surface area contributed by atoms with Crippen molar-refractivity contribution in [3.63, 3.8) is 0 Å². The minimum Gasteiger partial charge on any atom is -0.454 e. The number of carbonyl (C=O) groups is 1. The lowest BCUT2D eigenvalue weighted by atomic mass is 10.0. The zero-order valence-electron chi connectivity index (χ0n) is 14.6. The number of carbonyl (C=O) groups excluding carboxylic acids is 1. The molecule has 0 aliphatic heterocycles. The van der Waals surface area contributed by atoms with Crippen LogP contribution < -0.4 is 5.32 Å². The van der Waals surface area contributed by atoms with Gasteiger partial charge in [0.25, 0.3) is 11.6 Å². The smallest absolute Gasteiger partial charge is 0.287 e. The molecule has 2 aromatic heterocycles. The van der Waals surface area contributed by atoms with Crippen LogP contribution in [0.1, 0.15) is 28.0 Å². The molecule has 2 atom stereocenters. The summed E-state index contributed by atoms with van der Waals surface area (Å²) in [4.78, 5) is 22.5. The molecule has 0 aliphatic carbocycles. The van der Waals surface area contributed by atoms with E-state index in [1.54, 1.807) is 29.2 Å². The van der Waals surface area contributed by atoms with Gasteiger partial charge in [-0.1, -0.05) is 0 Å². The number of furan rings is 1. The second-order valence-corrected chi connectivity index (χ2v) is 6.03. The number of nitrogens with one attached hydrogen (secondary N) is 1. The highest BCUT2D eigenvalue weighted by Gasteiger charge is 2.24. The third-order valence-electron chi connectivity index (χ3n) is 4.10. The summed E-state index contributed by atoms with van der Waals surface area (Å²) in [7, 11) is 0. The first-order valence-electron chi connectivity index (χ1n) is 8.38. The SMILES string of the molecule is O=C(NC(CO)C(O)c1ccc([N+](=O)[O-])cc1)c1ccc(Cn2cccn2)o1. The summed E-state index contributed by atoms with van der Waals surface area (Å²) >= 11 is 0. The van der Waals surface area contributed by atoms with Crippen LogP contribution in [-0.4, -0.2) is 43.5 Å². The van der Waals surface area contributed by atoms with E-state index >= 15 is 0 Å². The number of aromatic nitrogens is 2. The zero-order valence-corrected chi connectivity index (χ0v) is 14.6. The molecule has 3 aromatic rings. The Bertz CT molecular complexity index is 935. The van der Waals surface area contributed by atoms with Crippen LogP contribution in [0.15, 0.2) is 59.3 Å². The van der Waals surface area contributed by atoms with Crippen LogP contribution in [0.5, 0.6) is 0 Å². The maximum atomic E-state index is 12.4. The van der Waals surface area contributed by atoms with Crippen molar-refractivity contribution in [2.24, 2.45) is 0 Å². The predicted molar refractivity (Wildman–Crippen MR) is 96.4 cm³/mol. The first-order valence-corrected chi connectivity index (χ1v) is 8.38. The van der Waals surface area contributed by atoms with Crippen LogP contribution >= 0.6 is 0 Å². The first kappa shape index (κ1) is 19.3. The van der Waals surface area contributed by atoms with E-state index in [1.807, 2.05) is 0 Å². The monoisotopic (exact) mass is 386 g/mol. The van der Waals surface area contributed by atoms with Crippen molar-refractivity contribution in [3.05, 3.63) is 82.1 Å². The van der Waals surface area contributed by atoms with Crippen LogP contribution in [0.25, 0.3) is 0 Å². The van der Waals surface area contributed by atoms with Crippen molar-refractivity contribution in [2.45, 2.75) is 18.7 Å². The summed E-state index contributed by atoms with van der Waals surface area (Å²) in [6, 6.07) is 9.08. The van der Waals surface area contributed by atoms with E-state index in [2.05, 4.69) is 10.4 Å². The third-order valence-corrected chi connectivity index (χ3v) is 4.10. The summed E-state index contributed by atoms with van der Waals surface area (Å²) in [6.07, 6.45) is 2.13. The number of hydrogen-bond donors (Lipinski definition) is 3. The van der Waals surface area contributed by atoms with Crippen molar-refractivity contribution in [3.8, 4) is 0 Å². The van der Waals surface area contributed by atoms with Gasteiger partial charge in [-0.15, -0.1) is 0 Å². The Hall–Kier alpha value is -3.50. The molecule has 1 amide bonds. The van der Waals surface area contributed by atoms with E-state index < -0.39 is 29.6 Å². The Morgan fingerprint density at radius 3 is 2.64 bits per heavy atom. The fourth-order valence-electron chi connectivity index (χ4n) is 2.63. The van der Waals surface area contributed by atoms with E-state index in [0.29, 0.717) is 17.9 Å². The maximum Gasteiger partial charge on any atom is 0.287 e. The van der Waals surface area contributed by atoms with Gasteiger partial charge in [0.1, 0.15) is 11.9 Å². The van der Waals surface area contributed by atoms with Crippen LogP contribution in [0, 0.1) is 10.1 Å². The molecule has 10 heteroatoms. The topological polar surface area (TPSA) is 144 Å².